The molecule has 0 amide bonds. The van der Waals surface area contributed by atoms with Gasteiger partial charge in [-0.15, -0.1) is 0 Å². The van der Waals surface area contributed by atoms with E-state index in [2.05, 4.69) is 4.90 Å². The maximum atomic E-state index is 10.7. The van der Waals surface area contributed by atoms with Gasteiger partial charge in [0.25, 0.3) is 0 Å². The largest absolute Gasteiger partial charge is 0.482 e. The average molecular weight is 426 g/mol. The van der Waals surface area contributed by atoms with E-state index in [-0.39, 0.29) is 6.61 Å². The fourth-order valence-electron chi connectivity index (χ4n) is 3.79. The van der Waals surface area contributed by atoms with E-state index >= 15 is 0 Å². The van der Waals surface area contributed by atoms with Crippen LogP contribution in [-0.4, -0.2) is 35.7 Å². The lowest BCUT2D eigenvalue weighted by Gasteiger charge is -2.18. The maximum Gasteiger partial charge on any atom is 0.341 e. The van der Waals surface area contributed by atoms with Crippen molar-refractivity contribution in [2.24, 2.45) is 0 Å². The lowest BCUT2D eigenvalue weighted by atomic mass is 10.0. The van der Waals surface area contributed by atoms with E-state index in [4.69, 9.17) is 25.9 Å². The Kier molecular flexibility index (Phi) is 6.11. The molecule has 1 aromatic heterocycles. The predicted molar refractivity (Wildman–Crippen MR) is 116 cm³/mol. The molecule has 1 N–H and O–H groups in total. The number of carbonyl (C=O) groups is 1. The molecule has 0 unspecified atom stereocenters. The van der Waals surface area contributed by atoms with Crippen LogP contribution in [-0.2, 0) is 24.2 Å². The van der Waals surface area contributed by atoms with Crippen molar-refractivity contribution in [1.82, 2.24) is 4.90 Å². The first-order valence-corrected chi connectivity index (χ1v) is 10.4. The molecule has 4 rings (SSSR count). The number of aryl methyl sites for hydroxylation is 1. The third-order valence-corrected chi connectivity index (χ3v) is 5.68. The molecule has 0 atom stereocenters. The summed E-state index contributed by atoms with van der Waals surface area (Å²) in [6, 6.07) is 15.8. The Bertz CT molecular complexity index is 1060. The number of benzene rings is 2. The quantitative estimate of drug-likeness (QED) is 0.604. The highest BCUT2D eigenvalue weighted by atomic mass is 35.5. The Balaban J connectivity index is 1.41. The van der Waals surface area contributed by atoms with Gasteiger partial charge in [0.2, 0.25) is 0 Å². The molecule has 30 heavy (non-hydrogen) atoms. The second kappa shape index (κ2) is 8.94. The molecule has 0 saturated carbocycles. The van der Waals surface area contributed by atoms with Crippen molar-refractivity contribution in [2.75, 3.05) is 19.7 Å². The lowest BCUT2D eigenvalue weighted by Crippen LogP contribution is -2.25. The maximum absolute atomic E-state index is 10.7. The fourth-order valence-corrected chi connectivity index (χ4v) is 4.12. The number of carboxylic acids is 1. The van der Waals surface area contributed by atoms with Gasteiger partial charge in [0.05, 0.1) is 11.6 Å². The summed E-state index contributed by atoms with van der Waals surface area (Å²) in [6.07, 6.45) is 1.82. The summed E-state index contributed by atoms with van der Waals surface area (Å²) in [5.41, 5.74) is 4.53. The van der Waals surface area contributed by atoms with Crippen LogP contribution in [0.3, 0.4) is 0 Å². The van der Waals surface area contributed by atoms with Crippen molar-refractivity contribution in [2.45, 2.75) is 26.3 Å². The van der Waals surface area contributed by atoms with Crippen LogP contribution in [0.1, 0.15) is 22.5 Å². The van der Waals surface area contributed by atoms with Crippen molar-refractivity contribution >= 4 is 17.6 Å². The molecule has 3 aromatic rings. The summed E-state index contributed by atoms with van der Waals surface area (Å²) in [6.45, 7) is 4.26. The van der Waals surface area contributed by atoms with Gasteiger partial charge < -0.3 is 14.3 Å². The molecule has 6 heteroatoms. The Morgan fingerprint density at radius 3 is 2.67 bits per heavy atom. The van der Waals surface area contributed by atoms with E-state index in [0.717, 1.165) is 55.1 Å². The monoisotopic (exact) mass is 425 g/mol. The number of nitrogens with zero attached hydrogens (tertiary/aromatic N) is 1. The van der Waals surface area contributed by atoms with Crippen molar-refractivity contribution in [3.05, 3.63) is 76.0 Å². The van der Waals surface area contributed by atoms with Gasteiger partial charge >= 0.3 is 5.97 Å². The third kappa shape index (κ3) is 4.86. The molecule has 1 aliphatic rings. The normalized spacial score (nSPS) is 14.2. The number of hydrogen-bond donors (Lipinski definition) is 1. The van der Waals surface area contributed by atoms with Crippen LogP contribution in [0.15, 0.2) is 52.9 Å². The molecule has 0 saturated heterocycles. The van der Waals surface area contributed by atoms with Crippen LogP contribution in [0.4, 0.5) is 0 Å². The standard InChI is InChI=1S/C24H24ClNO4/c1-16-2-6-21(22(25)12-16)23-7-5-20(30-23)14-26-10-8-17-3-4-19(29-15-24(27)28)13-18(17)9-11-26/h2-7,12-13H,8-11,14-15H2,1H3,(H,27,28). The highest BCUT2D eigenvalue weighted by Gasteiger charge is 2.17. The Morgan fingerprint density at radius 1 is 1.10 bits per heavy atom. The smallest absolute Gasteiger partial charge is 0.341 e. The van der Waals surface area contributed by atoms with Gasteiger partial charge in [-0.1, -0.05) is 23.7 Å². The van der Waals surface area contributed by atoms with Crippen LogP contribution < -0.4 is 4.74 Å². The zero-order chi connectivity index (χ0) is 21.1. The third-order valence-electron chi connectivity index (χ3n) is 5.37. The molecule has 0 radical (unpaired) electrons. The minimum Gasteiger partial charge on any atom is -0.482 e. The summed E-state index contributed by atoms with van der Waals surface area (Å²) in [7, 11) is 0. The summed E-state index contributed by atoms with van der Waals surface area (Å²) >= 11 is 6.38. The minimum atomic E-state index is -0.971. The first-order chi connectivity index (χ1) is 14.5. The van der Waals surface area contributed by atoms with Crippen LogP contribution in [0, 0.1) is 6.92 Å². The summed E-state index contributed by atoms with van der Waals surface area (Å²) in [4.78, 5) is 13.1. The zero-order valence-electron chi connectivity index (χ0n) is 16.9. The van der Waals surface area contributed by atoms with Crippen molar-refractivity contribution in [1.29, 1.82) is 0 Å². The topological polar surface area (TPSA) is 62.9 Å². The highest BCUT2D eigenvalue weighted by Crippen LogP contribution is 2.31. The van der Waals surface area contributed by atoms with Crippen LogP contribution in [0.2, 0.25) is 5.02 Å². The van der Waals surface area contributed by atoms with Gasteiger partial charge in [-0.25, -0.2) is 4.79 Å². The molecular weight excluding hydrogens is 402 g/mol. The van der Waals surface area contributed by atoms with Gasteiger partial charge in [-0.05, 0) is 72.9 Å². The van der Waals surface area contributed by atoms with E-state index < -0.39 is 5.97 Å². The van der Waals surface area contributed by atoms with Gasteiger partial charge in [0, 0.05) is 18.7 Å². The summed E-state index contributed by atoms with van der Waals surface area (Å²) in [5.74, 6) is 1.34. The fraction of sp³-hybridized carbons (Fsp3) is 0.292. The van der Waals surface area contributed by atoms with E-state index in [9.17, 15) is 4.79 Å². The molecule has 156 valence electrons. The second-order valence-electron chi connectivity index (χ2n) is 7.64. The van der Waals surface area contributed by atoms with Crippen LogP contribution >= 0.6 is 11.6 Å². The first-order valence-electron chi connectivity index (χ1n) is 10.0. The zero-order valence-corrected chi connectivity index (χ0v) is 17.6. The van der Waals surface area contributed by atoms with Gasteiger partial charge in [0.15, 0.2) is 6.61 Å². The Hall–Kier alpha value is -2.76. The van der Waals surface area contributed by atoms with Crippen molar-refractivity contribution in [3.8, 4) is 17.1 Å². The van der Waals surface area contributed by atoms with Gasteiger partial charge in [-0.2, -0.15) is 0 Å². The first kappa shape index (κ1) is 20.5. The van der Waals surface area contributed by atoms with E-state index in [1.807, 2.05) is 55.5 Å². The molecule has 0 aliphatic carbocycles. The predicted octanol–water partition coefficient (Wildman–Crippen LogP) is 4.97. The Labute approximate surface area is 180 Å². The molecule has 5 nitrogen and oxygen atoms in total. The average Bonchev–Trinajstić information content (AvgIpc) is 3.07. The molecule has 0 spiro atoms. The number of aliphatic carboxylic acids is 1. The highest BCUT2D eigenvalue weighted by molar-refractivity contribution is 6.33. The minimum absolute atomic E-state index is 0.323. The van der Waals surface area contributed by atoms with Gasteiger partial charge in [0.1, 0.15) is 17.3 Å². The molecule has 1 aliphatic heterocycles. The van der Waals surface area contributed by atoms with Crippen LogP contribution in [0.5, 0.6) is 5.75 Å². The van der Waals surface area contributed by atoms with E-state index in [0.29, 0.717) is 10.8 Å². The van der Waals surface area contributed by atoms with Crippen molar-refractivity contribution in [3.63, 3.8) is 0 Å². The molecule has 2 aromatic carbocycles. The van der Waals surface area contributed by atoms with Crippen molar-refractivity contribution < 1.29 is 19.1 Å². The molecule has 0 fully saturated rings. The number of ether oxygens (including phenoxy) is 1. The number of furan rings is 1. The summed E-state index contributed by atoms with van der Waals surface area (Å²) < 4.78 is 11.4. The number of fused-ring (bicyclic) bond motifs is 1. The Morgan fingerprint density at radius 2 is 1.90 bits per heavy atom. The summed E-state index contributed by atoms with van der Waals surface area (Å²) in [5, 5.41) is 9.48. The number of hydrogen-bond acceptors (Lipinski definition) is 4. The van der Waals surface area contributed by atoms with Gasteiger partial charge in [-0.3, -0.25) is 4.90 Å². The molecular formula is C24H24ClNO4. The van der Waals surface area contributed by atoms with Crippen LogP contribution in [0.25, 0.3) is 11.3 Å². The number of carboxylic acid groups (broad SMARTS) is 1. The second-order valence-corrected chi connectivity index (χ2v) is 8.05. The van der Waals surface area contributed by atoms with E-state index in [1.54, 1.807) is 0 Å². The van der Waals surface area contributed by atoms with E-state index in [1.165, 1.54) is 11.1 Å². The number of halogens is 1. The molecule has 2 heterocycles. The number of rotatable bonds is 6. The molecule has 0 bridgehead atoms. The SMILES string of the molecule is Cc1ccc(-c2ccc(CN3CCc4ccc(OCC(=O)O)cc4CC3)o2)c(Cl)c1. The lowest BCUT2D eigenvalue weighted by molar-refractivity contribution is -0.139.